The highest BCUT2D eigenvalue weighted by Crippen LogP contribution is 2.23. The van der Waals surface area contributed by atoms with E-state index in [0.29, 0.717) is 22.0 Å². The number of nitrogens with zero attached hydrogens (tertiary/aromatic N) is 2. The Balaban J connectivity index is 2.73. The lowest BCUT2D eigenvalue weighted by atomic mass is 10.1. The highest BCUT2D eigenvalue weighted by Gasteiger charge is 2.27. The number of rotatable bonds is 7. The van der Waals surface area contributed by atoms with Crippen LogP contribution in [0.15, 0.2) is 29.3 Å². The Hall–Kier alpha value is -2.01. The molecule has 1 aromatic carbocycles. The molecule has 148 valence electrons. The van der Waals surface area contributed by atoms with Crippen LogP contribution in [0.1, 0.15) is 20.8 Å². The molecule has 1 aromatic rings. The van der Waals surface area contributed by atoms with Gasteiger partial charge in [-0.1, -0.05) is 0 Å². The molecule has 0 bridgehead atoms. The third-order valence-corrected chi connectivity index (χ3v) is 6.05. The second kappa shape index (κ2) is 8.12. The largest absolute Gasteiger partial charge is 0.492 e. The smallest absolute Gasteiger partial charge is 0.245 e. The number of benzene rings is 1. The number of ether oxygens (including phenoxy) is 1. The summed E-state index contributed by atoms with van der Waals surface area (Å²) < 4.78 is 52.7. The molecule has 0 aliphatic heterocycles. The van der Waals surface area contributed by atoms with Crippen molar-refractivity contribution in [2.24, 2.45) is 10.7 Å². The number of guanidine groups is 1. The molecule has 0 spiro atoms. The molecule has 1 rings (SSSR count). The predicted octanol–water partition coefficient (Wildman–Crippen LogP) is 0.494. The average Bonchev–Trinajstić information content (AvgIpc) is 2.40. The first-order valence-corrected chi connectivity index (χ1v) is 11.4. The summed E-state index contributed by atoms with van der Waals surface area (Å²) in [5.74, 6) is 0.765. The van der Waals surface area contributed by atoms with Crippen molar-refractivity contribution < 1.29 is 21.6 Å². The fraction of sp³-hybridized carbons (Fsp3) is 0.533. The molecule has 0 fully saturated rings. The van der Waals surface area contributed by atoms with E-state index < -0.39 is 20.0 Å². The number of anilines is 1. The Morgan fingerprint density at radius 1 is 1.12 bits per heavy atom. The van der Waals surface area contributed by atoms with Gasteiger partial charge in [-0.2, -0.15) is 3.71 Å². The van der Waals surface area contributed by atoms with Crippen molar-refractivity contribution in [3.8, 4) is 5.75 Å². The van der Waals surface area contributed by atoms with Crippen molar-refractivity contribution in [2.45, 2.75) is 26.3 Å². The van der Waals surface area contributed by atoms with E-state index in [4.69, 9.17) is 10.5 Å². The summed E-state index contributed by atoms with van der Waals surface area (Å²) >= 11 is 0. The molecule has 0 heterocycles. The number of sulfonamides is 2. The van der Waals surface area contributed by atoms with Gasteiger partial charge in [0.2, 0.25) is 20.0 Å². The molecule has 11 heteroatoms. The second-order valence-electron chi connectivity index (χ2n) is 6.71. The predicted molar refractivity (Wildman–Crippen MR) is 103 cm³/mol. The second-order valence-corrected chi connectivity index (χ2v) is 10.6. The van der Waals surface area contributed by atoms with Gasteiger partial charge >= 0.3 is 0 Å². The van der Waals surface area contributed by atoms with Crippen molar-refractivity contribution in [1.29, 1.82) is 0 Å². The lowest BCUT2D eigenvalue weighted by Gasteiger charge is -2.21. The van der Waals surface area contributed by atoms with Crippen LogP contribution in [0.3, 0.4) is 0 Å². The van der Waals surface area contributed by atoms with Gasteiger partial charge in [0.05, 0.1) is 24.7 Å². The summed E-state index contributed by atoms with van der Waals surface area (Å²) in [5, 5.41) is 3.02. The van der Waals surface area contributed by atoms with Gasteiger partial charge in [0.1, 0.15) is 12.4 Å². The third-order valence-electron chi connectivity index (χ3n) is 2.80. The van der Waals surface area contributed by atoms with E-state index in [9.17, 15) is 16.8 Å². The summed E-state index contributed by atoms with van der Waals surface area (Å²) in [4.78, 5) is 4.13. The maximum absolute atomic E-state index is 11.7. The lowest BCUT2D eigenvalue weighted by Crippen LogP contribution is -2.45. The summed E-state index contributed by atoms with van der Waals surface area (Å²) in [6, 6.07) is 5.69. The maximum atomic E-state index is 11.7. The van der Waals surface area contributed by atoms with Crippen LogP contribution in [0.25, 0.3) is 0 Å². The van der Waals surface area contributed by atoms with Gasteiger partial charge in [0.25, 0.3) is 0 Å². The first kappa shape index (κ1) is 22.0. The highest BCUT2D eigenvalue weighted by molar-refractivity contribution is 8.09. The van der Waals surface area contributed by atoms with Gasteiger partial charge in [-0.05, 0) is 45.0 Å². The zero-order valence-electron chi connectivity index (χ0n) is 15.6. The molecule has 0 aliphatic carbocycles. The van der Waals surface area contributed by atoms with Crippen LogP contribution in [0.2, 0.25) is 0 Å². The lowest BCUT2D eigenvalue weighted by molar-refractivity contribution is 0.328. The zero-order chi connectivity index (χ0) is 20.2. The molecule has 0 saturated carbocycles. The molecule has 0 unspecified atom stereocenters. The van der Waals surface area contributed by atoms with Gasteiger partial charge in [-0.3, -0.25) is 0 Å². The fourth-order valence-corrected chi connectivity index (χ4v) is 5.02. The molecule has 0 radical (unpaired) electrons. The van der Waals surface area contributed by atoms with Gasteiger partial charge in [0, 0.05) is 5.54 Å². The van der Waals surface area contributed by atoms with Crippen LogP contribution < -0.4 is 19.5 Å². The first-order valence-electron chi connectivity index (χ1n) is 7.71. The topological polar surface area (TPSA) is 131 Å². The SMILES string of the molecule is CC(C)(C)NC(N)=NCCOc1ccc(N(S(C)(=O)=O)S(C)(=O)=O)cc1. The normalized spacial score (nSPS) is 13.3. The molecule has 0 aliphatic rings. The molecular weight excluding hydrogens is 380 g/mol. The van der Waals surface area contributed by atoms with Gasteiger partial charge in [-0.15, -0.1) is 0 Å². The number of nitrogens with two attached hydrogens (primary N) is 1. The highest BCUT2D eigenvalue weighted by atomic mass is 32.3. The van der Waals surface area contributed by atoms with Crippen LogP contribution in [-0.4, -0.2) is 54.0 Å². The summed E-state index contributed by atoms with van der Waals surface area (Å²) in [7, 11) is -7.94. The Kier molecular flexibility index (Phi) is 6.88. The molecule has 0 aromatic heterocycles. The molecule has 0 saturated heterocycles. The monoisotopic (exact) mass is 406 g/mol. The number of nitrogens with one attached hydrogen (secondary N) is 1. The van der Waals surface area contributed by atoms with Crippen LogP contribution >= 0.6 is 0 Å². The van der Waals surface area contributed by atoms with Crippen molar-refractivity contribution in [3.05, 3.63) is 24.3 Å². The quantitative estimate of drug-likeness (QED) is 0.383. The fourth-order valence-electron chi connectivity index (χ4n) is 2.05. The molecule has 0 amide bonds. The maximum Gasteiger partial charge on any atom is 0.245 e. The van der Waals surface area contributed by atoms with E-state index in [0.717, 1.165) is 12.5 Å². The standard InChI is InChI=1S/C15H26N4O5S2/c1-15(2,3)18-14(16)17-10-11-24-13-8-6-12(7-9-13)19(25(4,20)21)26(5,22)23/h6-9H,10-11H2,1-5H3,(H3,16,17,18). The van der Waals surface area contributed by atoms with Crippen LogP contribution in [-0.2, 0) is 20.0 Å². The van der Waals surface area contributed by atoms with E-state index in [1.165, 1.54) is 24.3 Å². The van der Waals surface area contributed by atoms with Gasteiger partial charge in [-0.25, -0.2) is 21.8 Å². The van der Waals surface area contributed by atoms with E-state index >= 15 is 0 Å². The van der Waals surface area contributed by atoms with Gasteiger partial charge < -0.3 is 15.8 Å². The number of aliphatic imine (C=N–C) groups is 1. The first-order chi connectivity index (χ1) is 11.7. The minimum Gasteiger partial charge on any atom is -0.492 e. The van der Waals surface area contributed by atoms with E-state index in [2.05, 4.69) is 10.3 Å². The third kappa shape index (κ3) is 7.48. The number of hydrogen-bond acceptors (Lipinski definition) is 6. The minimum absolute atomic E-state index is 0.0130. The van der Waals surface area contributed by atoms with Crippen LogP contribution in [0, 0.1) is 0 Å². The van der Waals surface area contributed by atoms with Gasteiger partial charge in [0.15, 0.2) is 5.96 Å². The molecule has 26 heavy (non-hydrogen) atoms. The van der Waals surface area contributed by atoms with Crippen LogP contribution in [0.5, 0.6) is 5.75 Å². The Bertz CT molecular complexity index is 809. The number of hydrogen-bond donors (Lipinski definition) is 2. The summed E-state index contributed by atoms with van der Waals surface area (Å²) in [6.07, 6.45) is 1.65. The van der Waals surface area contributed by atoms with E-state index in [-0.39, 0.29) is 17.8 Å². The van der Waals surface area contributed by atoms with Crippen molar-refractivity contribution in [2.75, 3.05) is 29.4 Å². The Labute approximate surface area is 155 Å². The van der Waals surface area contributed by atoms with Crippen molar-refractivity contribution in [3.63, 3.8) is 0 Å². The van der Waals surface area contributed by atoms with E-state index in [1.807, 2.05) is 20.8 Å². The minimum atomic E-state index is -3.97. The Morgan fingerprint density at radius 2 is 1.62 bits per heavy atom. The van der Waals surface area contributed by atoms with E-state index in [1.54, 1.807) is 0 Å². The molecule has 3 N–H and O–H groups in total. The van der Waals surface area contributed by atoms with Crippen molar-refractivity contribution >= 4 is 31.7 Å². The summed E-state index contributed by atoms with van der Waals surface area (Å²) in [6.45, 7) is 6.47. The summed E-state index contributed by atoms with van der Waals surface area (Å²) in [5.41, 5.74) is 5.57. The average molecular weight is 407 g/mol. The zero-order valence-corrected chi connectivity index (χ0v) is 17.2. The molecule has 0 atom stereocenters. The van der Waals surface area contributed by atoms with Crippen LogP contribution in [0.4, 0.5) is 5.69 Å². The molecule has 9 nitrogen and oxygen atoms in total. The Morgan fingerprint density at radius 3 is 2.04 bits per heavy atom. The van der Waals surface area contributed by atoms with Crippen molar-refractivity contribution in [1.82, 2.24) is 5.32 Å². The molecular formula is C15H26N4O5S2.